The molecule has 1 heterocycles. The van der Waals surface area contributed by atoms with Gasteiger partial charge in [-0.2, -0.15) is 0 Å². The Morgan fingerprint density at radius 1 is 1.73 bits per heavy atom. The average molecular weight is 229 g/mol. The standard InChI is InChI=1S/C8H11N3O3S/c1-5(9)4-10-8(12)6-2-3-7(15-6)11(13)14/h2-3,5H,4,9H2,1H3,(H,10,12). The number of thiophene rings is 1. The second-order valence-corrected chi connectivity index (χ2v) is 4.14. The van der Waals surface area contributed by atoms with Crippen molar-refractivity contribution in [1.29, 1.82) is 0 Å². The Kier molecular flexibility index (Phi) is 3.75. The van der Waals surface area contributed by atoms with Gasteiger partial charge in [0.2, 0.25) is 0 Å². The molecule has 0 aliphatic rings. The van der Waals surface area contributed by atoms with Crippen LogP contribution in [-0.4, -0.2) is 23.4 Å². The minimum atomic E-state index is -0.521. The zero-order valence-electron chi connectivity index (χ0n) is 8.10. The van der Waals surface area contributed by atoms with Gasteiger partial charge in [0, 0.05) is 18.7 Å². The van der Waals surface area contributed by atoms with Gasteiger partial charge in [-0.3, -0.25) is 14.9 Å². The lowest BCUT2D eigenvalue weighted by atomic mass is 10.3. The van der Waals surface area contributed by atoms with Crippen LogP contribution in [0, 0.1) is 10.1 Å². The molecular weight excluding hydrogens is 218 g/mol. The van der Waals surface area contributed by atoms with E-state index < -0.39 is 4.92 Å². The van der Waals surface area contributed by atoms with E-state index >= 15 is 0 Å². The Balaban J connectivity index is 2.62. The van der Waals surface area contributed by atoms with E-state index in [4.69, 9.17) is 5.73 Å². The van der Waals surface area contributed by atoms with Gasteiger partial charge in [-0.1, -0.05) is 11.3 Å². The van der Waals surface area contributed by atoms with E-state index in [0.29, 0.717) is 11.4 Å². The predicted octanol–water partition coefficient (Wildman–Crippen LogP) is 0.733. The second-order valence-electron chi connectivity index (χ2n) is 3.08. The van der Waals surface area contributed by atoms with Crippen molar-refractivity contribution in [2.45, 2.75) is 13.0 Å². The minimum absolute atomic E-state index is 0.0408. The molecule has 0 bridgehead atoms. The highest BCUT2D eigenvalue weighted by Crippen LogP contribution is 2.23. The summed E-state index contributed by atoms with van der Waals surface area (Å²) in [4.78, 5) is 21.6. The molecule has 0 aromatic carbocycles. The van der Waals surface area contributed by atoms with Crippen LogP contribution in [0.3, 0.4) is 0 Å². The largest absolute Gasteiger partial charge is 0.350 e. The lowest BCUT2D eigenvalue weighted by molar-refractivity contribution is -0.380. The van der Waals surface area contributed by atoms with Crippen LogP contribution in [0.5, 0.6) is 0 Å². The summed E-state index contributed by atoms with van der Waals surface area (Å²) in [6, 6.07) is 2.61. The summed E-state index contributed by atoms with van der Waals surface area (Å²) >= 11 is 0.849. The maximum absolute atomic E-state index is 11.4. The van der Waals surface area contributed by atoms with E-state index in [9.17, 15) is 14.9 Å². The third kappa shape index (κ3) is 3.30. The average Bonchev–Trinajstić information content (AvgIpc) is 2.62. The normalized spacial score (nSPS) is 12.1. The van der Waals surface area contributed by atoms with E-state index in [2.05, 4.69) is 5.32 Å². The maximum Gasteiger partial charge on any atom is 0.324 e. The number of nitro groups is 1. The van der Waals surface area contributed by atoms with Gasteiger partial charge in [0.15, 0.2) is 0 Å². The lowest BCUT2D eigenvalue weighted by Gasteiger charge is -2.05. The van der Waals surface area contributed by atoms with Crippen LogP contribution in [0.4, 0.5) is 5.00 Å². The van der Waals surface area contributed by atoms with Crippen molar-refractivity contribution in [3.8, 4) is 0 Å². The SMILES string of the molecule is CC(N)CNC(=O)c1ccc([N+](=O)[O-])s1. The first kappa shape index (κ1) is 11.6. The summed E-state index contributed by atoms with van der Waals surface area (Å²) < 4.78 is 0. The molecule has 1 atom stereocenters. The topological polar surface area (TPSA) is 98.3 Å². The molecule has 0 radical (unpaired) electrons. The predicted molar refractivity (Wildman–Crippen MR) is 57.0 cm³/mol. The van der Waals surface area contributed by atoms with Crippen LogP contribution >= 0.6 is 11.3 Å². The van der Waals surface area contributed by atoms with Gasteiger partial charge in [-0.05, 0) is 13.0 Å². The molecule has 3 N–H and O–H groups in total. The highest BCUT2D eigenvalue weighted by atomic mass is 32.1. The number of hydrogen-bond acceptors (Lipinski definition) is 5. The van der Waals surface area contributed by atoms with Gasteiger partial charge in [0.05, 0.1) is 9.80 Å². The molecule has 82 valence electrons. The summed E-state index contributed by atoms with van der Waals surface area (Å²) in [5, 5.41) is 12.9. The summed E-state index contributed by atoms with van der Waals surface area (Å²) in [7, 11) is 0. The fraction of sp³-hybridized carbons (Fsp3) is 0.375. The fourth-order valence-corrected chi connectivity index (χ4v) is 1.63. The number of carbonyl (C=O) groups is 1. The van der Waals surface area contributed by atoms with Crippen LogP contribution in [-0.2, 0) is 0 Å². The molecule has 1 rings (SSSR count). The van der Waals surface area contributed by atoms with Crippen molar-refractivity contribution in [2.75, 3.05) is 6.54 Å². The summed E-state index contributed by atoms with van der Waals surface area (Å²) in [6.45, 7) is 2.11. The van der Waals surface area contributed by atoms with Crippen molar-refractivity contribution < 1.29 is 9.72 Å². The van der Waals surface area contributed by atoms with Gasteiger partial charge >= 0.3 is 5.00 Å². The highest BCUT2D eigenvalue weighted by Gasteiger charge is 2.14. The number of nitrogens with two attached hydrogens (primary N) is 1. The molecule has 6 nitrogen and oxygen atoms in total. The molecule has 1 aromatic rings. The summed E-state index contributed by atoms with van der Waals surface area (Å²) in [5.41, 5.74) is 5.45. The fourth-order valence-electron chi connectivity index (χ4n) is 0.889. The van der Waals surface area contributed by atoms with Gasteiger partial charge in [-0.15, -0.1) is 0 Å². The van der Waals surface area contributed by atoms with E-state index in [0.717, 1.165) is 11.3 Å². The maximum atomic E-state index is 11.4. The summed E-state index contributed by atoms with van der Waals surface area (Å²) in [6.07, 6.45) is 0. The van der Waals surface area contributed by atoms with Crippen LogP contribution in [0.15, 0.2) is 12.1 Å². The number of nitrogens with zero attached hydrogens (tertiary/aromatic N) is 1. The Hall–Kier alpha value is -1.47. The first-order valence-corrected chi connectivity index (χ1v) is 5.10. The number of rotatable bonds is 4. The molecule has 1 amide bonds. The van der Waals surface area contributed by atoms with Gasteiger partial charge < -0.3 is 11.1 Å². The molecule has 15 heavy (non-hydrogen) atoms. The van der Waals surface area contributed by atoms with Crippen molar-refractivity contribution in [2.24, 2.45) is 5.73 Å². The number of amides is 1. The quantitative estimate of drug-likeness (QED) is 0.587. The van der Waals surface area contributed by atoms with Crippen molar-refractivity contribution >= 4 is 22.2 Å². The molecule has 0 saturated carbocycles. The van der Waals surface area contributed by atoms with Crippen LogP contribution in [0.2, 0.25) is 0 Å². The lowest BCUT2D eigenvalue weighted by Crippen LogP contribution is -2.34. The Morgan fingerprint density at radius 3 is 2.87 bits per heavy atom. The van der Waals surface area contributed by atoms with E-state index in [1.54, 1.807) is 6.92 Å². The van der Waals surface area contributed by atoms with Gasteiger partial charge in [0.1, 0.15) is 0 Å². The highest BCUT2D eigenvalue weighted by molar-refractivity contribution is 7.17. The second kappa shape index (κ2) is 4.85. The summed E-state index contributed by atoms with van der Waals surface area (Å²) in [5.74, 6) is -0.328. The third-order valence-electron chi connectivity index (χ3n) is 1.58. The van der Waals surface area contributed by atoms with Crippen LogP contribution < -0.4 is 11.1 Å². The third-order valence-corrected chi connectivity index (χ3v) is 2.62. The Labute approximate surface area is 90.2 Å². The molecule has 1 aromatic heterocycles. The molecule has 1 unspecified atom stereocenters. The van der Waals surface area contributed by atoms with Crippen molar-refractivity contribution in [1.82, 2.24) is 5.32 Å². The van der Waals surface area contributed by atoms with Gasteiger partial charge in [-0.25, -0.2) is 0 Å². The molecule has 7 heteroatoms. The first-order chi connectivity index (χ1) is 7.00. The van der Waals surface area contributed by atoms with Crippen LogP contribution in [0.1, 0.15) is 16.6 Å². The molecule has 0 fully saturated rings. The van der Waals surface area contributed by atoms with Crippen molar-refractivity contribution in [3.63, 3.8) is 0 Å². The molecule has 0 aliphatic carbocycles. The number of carbonyl (C=O) groups excluding carboxylic acids is 1. The molecule has 0 saturated heterocycles. The zero-order chi connectivity index (χ0) is 11.4. The number of nitrogens with one attached hydrogen (secondary N) is 1. The molecule has 0 spiro atoms. The molecule has 0 aliphatic heterocycles. The van der Waals surface area contributed by atoms with E-state index in [-0.39, 0.29) is 17.0 Å². The van der Waals surface area contributed by atoms with Crippen LogP contribution in [0.25, 0.3) is 0 Å². The van der Waals surface area contributed by atoms with E-state index in [1.807, 2.05) is 0 Å². The Bertz CT molecular complexity index is 375. The van der Waals surface area contributed by atoms with E-state index in [1.165, 1.54) is 12.1 Å². The monoisotopic (exact) mass is 229 g/mol. The molecular formula is C8H11N3O3S. The zero-order valence-corrected chi connectivity index (χ0v) is 8.91. The minimum Gasteiger partial charge on any atom is -0.350 e. The smallest absolute Gasteiger partial charge is 0.324 e. The number of hydrogen-bond donors (Lipinski definition) is 2. The van der Waals surface area contributed by atoms with Crippen molar-refractivity contribution in [3.05, 3.63) is 27.1 Å². The Morgan fingerprint density at radius 2 is 2.40 bits per heavy atom. The van der Waals surface area contributed by atoms with Gasteiger partial charge in [0.25, 0.3) is 5.91 Å². The first-order valence-electron chi connectivity index (χ1n) is 4.28.